The summed E-state index contributed by atoms with van der Waals surface area (Å²) in [5.41, 5.74) is 1.11. The van der Waals surface area contributed by atoms with Crippen molar-refractivity contribution in [2.75, 3.05) is 0 Å². The molecule has 0 saturated carbocycles. The van der Waals surface area contributed by atoms with Crippen LogP contribution in [0.25, 0.3) is 0 Å². The average Bonchev–Trinajstić information content (AvgIpc) is 2.18. The zero-order valence-electron chi connectivity index (χ0n) is 8.53. The summed E-state index contributed by atoms with van der Waals surface area (Å²) in [6, 6.07) is 3.12. The Morgan fingerprint density at radius 2 is 2.00 bits per heavy atom. The van der Waals surface area contributed by atoms with E-state index >= 15 is 0 Å². The molecular weight excluding hydrogens is 196 g/mol. The molecule has 3 N–H and O–H groups in total. The predicted molar refractivity (Wildman–Crippen MR) is 55.1 cm³/mol. The SMILES string of the molecule is Cc1c(O)ccc(CCCC(=O)O)c1O. The van der Waals surface area contributed by atoms with E-state index in [0.29, 0.717) is 24.0 Å². The summed E-state index contributed by atoms with van der Waals surface area (Å²) >= 11 is 0. The van der Waals surface area contributed by atoms with Crippen LogP contribution in [0.3, 0.4) is 0 Å². The largest absolute Gasteiger partial charge is 0.508 e. The second kappa shape index (κ2) is 4.68. The summed E-state index contributed by atoms with van der Waals surface area (Å²) in [7, 11) is 0. The van der Waals surface area contributed by atoms with E-state index in [1.54, 1.807) is 13.0 Å². The molecule has 0 atom stereocenters. The number of carboxylic acids is 1. The van der Waals surface area contributed by atoms with Gasteiger partial charge in [-0.1, -0.05) is 6.07 Å². The van der Waals surface area contributed by atoms with Gasteiger partial charge in [-0.2, -0.15) is 0 Å². The van der Waals surface area contributed by atoms with Crippen LogP contribution >= 0.6 is 0 Å². The Balaban J connectivity index is 2.70. The Morgan fingerprint density at radius 1 is 1.33 bits per heavy atom. The lowest BCUT2D eigenvalue weighted by molar-refractivity contribution is -0.137. The van der Waals surface area contributed by atoms with Crippen LogP contribution in [0.2, 0.25) is 0 Å². The lowest BCUT2D eigenvalue weighted by atomic mass is 10.0. The number of carboxylic acid groups (broad SMARTS) is 1. The quantitative estimate of drug-likeness (QED) is 0.708. The molecule has 0 saturated heterocycles. The first-order chi connectivity index (χ1) is 7.02. The highest BCUT2D eigenvalue weighted by Crippen LogP contribution is 2.30. The van der Waals surface area contributed by atoms with Crippen molar-refractivity contribution in [3.8, 4) is 11.5 Å². The highest BCUT2D eigenvalue weighted by atomic mass is 16.4. The van der Waals surface area contributed by atoms with E-state index in [9.17, 15) is 15.0 Å². The summed E-state index contributed by atoms with van der Waals surface area (Å²) in [5.74, 6) is -0.736. The number of hydrogen-bond donors (Lipinski definition) is 3. The fourth-order valence-corrected chi connectivity index (χ4v) is 1.38. The molecule has 4 nitrogen and oxygen atoms in total. The van der Waals surface area contributed by atoms with Crippen LogP contribution in [-0.4, -0.2) is 21.3 Å². The van der Waals surface area contributed by atoms with E-state index < -0.39 is 5.97 Å². The summed E-state index contributed by atoms with van der Waals surface area (Å²) in [4.78, 5) is 10.3. The minimum Gasteiger partial charge on any atom is -0.508 e. The maximum Gasteiger partial charge on any atom is 0.303 e. The number of hydrogen-bond acceptors (Lipinski definition) is 3. The van der Waals surface area contributed by atoms with Gasteiger partial charge in [-0.25, -0.2) is 0 Å². The molecule has 15 heavy (non-hydrogen) atoms. The molecule has 0 fully saturated rings. The summed E-state index contributed by atoms with van der Waals surface area (Å²) < 4.78 is 0. The zero-order valence-corrected chi connectivity index (χ0v) is 8.53. The van der Waals surface area contributed by atoms with Gasteiger partial charge in [0.25, 0.3) is 0 Å². The molecule has 0 aliphatic rings. The van der Waals surface area contributed by atoms with Crippen molar-refractivity contribution in [3.63, 3.8) is 0 Å². The van der Waals surface area contributed by atoms with Crippen LogP contribution < -0.4 is 0 Å². The van der Waals surface area contributed by atoms with Gasteiger partial charge in [0.15, 0.2) is 0 Å². The van der Waals surface area contributed by atoms with Gasteiger partial charge in [-0.05, 0) is 31.4 Å². The Hall–Kier alpha value is -1.71. The van der Waals surface area contributed by atoms with Crippen molar-refractivity contribution in [1.82, 2.24) is 0 Å². The topological polar surface area (TPSA) is 77.8 Å². The Morgan fingerprint density at radius 3 is 2.60 bits per heavy atom. The number of rotatable bonds is 4. The van der Waals surface area contributed by atoms with Gasteiger partial charge in [0.2, 0.25) is 0 Å². The fourth-order valence-electron chi connectivity index (χ4n) is 1.38. The standard InChI is InChI=1S/C11H14O4/c1-7-9(12)6-5-8(11(7)15)3-2-4-10(13)14/h5-6,12,15H,2-4H2,1H3,(H,13,14). The molecule has 0 aromatic heterocycles. The maximum atomic E-state index is 10.3. The third kappa shape index (κ3) is 2.87. The number of aryl methyl sites for hydroxylation is 1. The Kier molecular flexibility index (Phi) is 3.55. The van der Waals surface area contributed by atoms with Crippen molar-refractivity contribution in [2.24, 2.45) is 0 Å². The lowest BCUT2D eigenvalue weighted by Gasteiger charge is -2.07. The number of phenols is 2. The van der Waals surface area contributed by atoms with Crippen LogP contribution in [-0.2, 0) is 11.2 Å². The van der Waals surface area contributed by atoms with Crippen LogP contribution in [0.1, 0.15) is 24.0 Å². The third-order valence-electron chi connectivity index (χ3n) is 2.32. The summed E-state index contributed by atoms with van der Waals surface area (Å²) in [5, 5.41) is 27.4. The van der Waals surface area contributed by atoms with Crippen LogP contribution in [0.5, 0.6) is 11.5 Å². The molecule has 0 unspecified atom stereocenters. The van der Waals surface area contributed by atoms with Gasteiger partial charge < -0.3 is 15.3 Å². The number of carbonyl (C=O) groups is 1. The number of phenolic OH excluding ortho intramolecular Hbond substituents is 2. The van der Waals surface area contributed by atoms with Crippen LogP contribution in [0.15, 0.2) is 12.1 Å². The fraction of sp³-hybridized carbons (Fsp3) is 0.364. The minimum absolute atomic E-state index is 0.0504. The van der Waals surface area contributed by atoms with Gasteiger partial charge in [0.05, 0.1) is 0 Å². The molecule has 4 heteroatoms. The lowest BCUT2D eigenvalue weighted by Crippen LogP contribution is -1.96. The molecule has 0 aliphatic heterocycles. The van der Waals surface area contributed by atoms with Crippen molar-refractivity contribution < 1.29 is 20.1 Å². The summed E-state index contributed by atoms with van der Waals surface area (Å²) in [6.45, 7) is 1.62. The molecule has 1 rings (SSSR count). The van der Waals surface area contributed by atoms with E-state index in [-0.39, 0.29) is 17.9 Å². The van der Waals surface area contributed by atoms with E-state index in [2.05, 4.69) is 0 Å². The second-order valence-corrected chi connectivity index (χ2v) is 3.46. The number of aliphatic carboxylic acids is 1. The Bertz CT molecular complexity index is 371. The molecule has 0 aliphatic carbocycles. The maximum absolute atomic E-state index is 10.3. The van der Waals surface area contributed by atoms with Gasteiger partial charge in [-0.3, -0.25) is 4.79 Å². The average molecular weight is 210 g/mol. The van der Waals surface area contributed by atoms with Gasteiger partial charge >= 0.3 is 5.97 Å². The van der Waals surface area contributed by atoms with Crippen LogP contribution in [0, 0.1) is 6.92 Å². The second-order valence-electron chi connectivity index (χ2n) is 3.46. The highest BCUT2D eigenvalue weighted by molar-refractivity contribution is 5.66. The molecule has 0 heterocycles. The highest BCUT2D eigenvalue weighted by Gasteiger charge is 2.08. The minimum atomic E-state index is -0.843. The molecule has 0 spiro atoms. The van der Waals surface area contributed by atoms with E-state index in [0.717, 1.165) is 0 Å². The number of benzene rings is 1. The first-order valence-electron chi connectivity index (χ1n) is 4.74. The molecule has 0 radical (unpaired) electrons. The smallest absolute Gasteiger partial charge is 0.303 e. The third-order valence-corrected chi connectivity index (χ3v) is 2.32. The summed E-state index contributed by atoms with van der Waals surface area (Å²) in [6.07, 6.45) is 1.06. The van der Waals surface area contributed by atoms with Crippen molar-refractivity contribution >= 4 is 5.97 Å². The molecular formula is C11H14O4. The van der Waals surface area contributed by atoms with E-state index in [4.69, 9.17) is 5.11 Å². The molecule has 0 amide bonds. The predicted octanol–water partition coefficient (Wildman–Crippen LogP) is 1.81. The van der Waals surface area contributed by atoms with Gasteiger partial charge in [-0.15, -0.1) is 0 Å². The van der Waals surface area contributed by atoms with Crippen molar-refractivity contribution in [2.45, 2.75) is 26.2 Å². The van der Waals surface area contributed by atoms with Gasteiger partial charge in [0, 0.05) is 12.0 Å². The van der Waals surface area contributed by atoms with Crippen molar-refractivity contribution in [3.05, 3.63) is 23.3 Å². The first-order valence-corrected chi connectivity index (χ1v) is 4.74. The molecule has 0 bridgehead atoms. The molecule has 1 aromatic carbocycles. The zero-order chi connectivity index (χ0) is 11.4. The number of aromatic hydroxyl groups is 2. The molecule has 1 aromatic rings. The molecule has 82 valence electrons. The van der Waals surface area contributed by atoms with E-state index in [1.807, 2.05) is 0 Å². The normalized spacial score (nSPS) is 10.2. The van der Waals surface area contributed by atoms with E-state index in [1.165, 1.54) is 6.07 Å². The first kappa shape index (κ1) is 11.4. The van der Waals surface area contributed by atoms with Gasteiger partial charge in [0.1, 0.15) is 11.5 Å². The van der Waals surface area contributed by atoms with Crippen LogP contribution in [0.4, 0.5) is 0 Å². The van der Waals surface area contributed by atoms with Crippen molar-refractivity contribution in [1.29, 1.82) is 0 Å². The monoisotopic (exact) mass is 210 g/mol. The Labute approximate surface area is 87.8 Å².